The fraction of sp³-hybridized carbons (Fsp3) is 0.538. The Hall–Kier alpha value is -1.33. The molecule has 0 bridgehead atoms. The summed E-state index contributed by atoms with van der Waals surface area (Å²) in [5, 5.41) is 4.10. The lowest BCUT2D eigenvalue weighted by Gasteiger charge is -2.30. The van der Waals surface area contributed by atoms with Crippen molar-refractivity contribution in [3.8, 4) is 0 Å². The van der Waals surface area contributed by atoms with Crippen LogP contribution in [-0.4, -0.2) is 33.8 Å². The molecule has 2 aromatic rings. The number of nitrogens with zero attached hydrogens (tertiary/aromatic N) is 3. The van der Waals surface area contributed by atoms with E-state index in [1.54, 1.807) is 6.33 Å². The van der Waals surface area contributed by atoms with Gasteiger partial charge in [0.2, 0.25) is 0 Å². The molecular weight excluding hydrogens is 264 g/mol. The highest BCUT2D eigenvalue weighted by Gasteiger charge is 2.22. The van der Waals surface area contributed by atoms with Crippen molar-refractivity contribution < 1.29 is 4.74 Å². The predicted octanol–water partition coefficient (Wildman–Crippen LogP) is 2.46. The summed E-state index contributed by atoms with van der Waals surface area (Å²) in [6, 6.07) is 2.22. The van der Waals surface area contributed by atoms with Crippen LogP contribution in [0.2, 0.25) is 5.02 Å². The van der Waals surface area contributed by atoms with Crippen LogP contribution in [-0.2, 0) is 11.8 Å². The van der Waals surface area contributed by atoms with E-state index in [0.29, 0.717) is 17.0 Å². The van der Waals surface area contributed by atoms with Gasteiger partial charge in [0.15, 0.2) is 5.65 Å². The van der Waals surface area contributed by atoms with Gasteiger partial charge in [0, 0.05) is 25.8 Å². The summed E-state index contributed by atoms with van der Waals surface area (Å²) in [6.45, 7) is 3.77. The second-order valence-electron chi connectivity index (χ2n) is 5.11. The van der Waals surface area contributed by atoms with Crippen molar-refractivity contribution >= 4 is 28.6 Å². The minimum absolute atomic E-state index is 0.378. The van der Waals surface area contributed by atoms with Crippen molar-refractivity contribution in [2.24, 2.45) is 13.0 Å². The summed E-state index contributed by atoms with van der Waals surface area (Å²) < 4.78 is 7.32. The molecule has 1 N–H and O–H groups in total. The first-order valence-corrected chi connectivity index (χ1v) is 6.85. The number of nitrogens with one attached hydrogen (secondary N) is 1. The second kappa shape index (κ2) is 4.98. The normalized spacial score (nSPS) is 23.7. The molecule has 19 heavy (non-hydrogen) atoms. The van der Waals surface area contributed by atoms with E-state index in [9.17, 15) is 0 Å². The molecule has 2 atom stereocenters. The van der Waals surface area contributed by atoms with Crippen molar-refractivity contribution in [1.29, 1.82) is 0 Å². The fourth-order valence-corrected chi connectivity index (χ4v) is 2.65. The van der Waals surface area contributed by atoms with Gasteiger partial charge in [0.05, 0.1) is 18.0 Å². The number of hydrogen-bond donors (Lipinski definition) is 1. The van der Waals surface area contributed by atoms with Crippen LogP contribution in [0.3, 0.4) is 0 Å². The molecule has 5 nitrogen and oxygen atoms in total. The maximum Gasteiger partial charge on any atom is 0.163 e. The van der Waals surface area contributed by atoms with Gasteiger partial charge < -0.3 is 14.6 Å². The van der Waals surface area contributed by atoms with Crippen molar-refractivity contribution in [1.82, 2.24) is 14.5 Å². The van der Waals surface area contributed by atoms with Gasteiger partial charge in [-0.05, 0) is 12.3 Å². The Bertz CT molecular complexity index is 598. The lowest BCUT2D eigenvalue weighted by atomic mass is 9.98. The molecule has 1 fully saturated rings. The molecule has 0 spiro atoms. The van der Waals surface area contributed by atoms with Gasteiger partial charge in [-0.3, -0.25) is 0 Å². The number of pyridine rings is 1. The highest BCUT2D eigenvalue weighted by atomic mass is 35.5. The Labute approximate surface area is 116 Å². The van der Waals surface area contributed by atoms with E-state index in [1.165, 1.54) is 0 Å². The number of ether oxygens (including phenoxy) is 1. The summed E-state index contributed by atoms with van der Waals surface area (Å²) in [5.74, 6) is 1.27. The van der Waals surface area contributed by atoms with E-state index in [-0.39, 0.29) is 0 Å². The summed E-state index contributed by atoms with van der Waals surface area (Å²) in [4.78, 5) is 8.83. The quantitative estimate of drug-likeness (QED) is 0.918. The largest absolute Gasteiger partial charge is 0.381 e. The Morgan fingerprint density at radius 3 is 3.16 bits per heavy atom. The van der Waals surface area contributed by atoms with Crippen LogP contribution in [0.5, 0.6) is 0 Å². The predicted molar refractivity (Wildman–Crippen MR) is 75.5 cm³/mol. The second-order valence-corrected chi connectivity index (χ2v) is 5.52. The third-order valence-electron chi connectivity index (χ3n) is 3.60. The third-order valence-corrected chi connectivity index (χ3v) is 3.88. The number of hydrogen-bond acceptors (Lipinski definition) is 4. The number of aromatic nitrogens is 3. The van der Waals surface area contributed by atoms with E-state index in [1.807, 2.05) is 17.7 Å². The Morgan fingerprint density at radius 1 is 1.53 bits per heavy atom. The van der Waals surface area contributed by atoms with Crippen molar-refractivity contribution in [3.05, 3.63) is 17.4 Å². The zero-order chi connectivity index (χ0) is 13.4. The average Bonchev–Trinajstić information content (AvgIpc) is 2.75. The molecule has 3 rings (SSSR count). The minimum Gasteiger partial charge on any atom is -0.381 e. The highest BCUT2D eigenvalue weighted by Crippen LogP contribution is 2.25. The lowest BCUT2D eigenvalue weighted by Crippen LogP contribution is -2.36. The highest BCUT2D eigenvalue weighted by molar-refractivity contribution is 6.35. The molecule has 0 aromatic carbocycles. The van der Waals surface area contributed by atoms with Crippen molar-refractivity contribution in [2.45, 2.75) is 19.4 Å². The Balaban J connectivity index is 1.90. The number of halogens is 1. The molecule has 0 amide bonds. The molecule has 1 aliphatic heterocycles. The Morgan fingerprint density at radius 2 is 2.37 bits per heavy atom. The van der Waals surface area contributed by atoms with Crippen LogP contribution in [0.15, 0.2) is 12.4 Å². The van der Waals surface area contributed by atoms with Crippen LogP contribution in [0.1, 0.15) is 13.3 Å². The van der Waals surface area contributed by atoms with Gasteiger partial charge in [-0.1, -0.05) is 18.5 Å². The molecule has 1 saturated heterocycles. The fourth-order valence-electron chi connectivity index (χ4n) is 2.42. The number of anilines is 1. The number of rotatable bonds is 2. The SMILES string of the molecule is C[C@H]1COCC[C@@H]1Nc1cc(Cl)c2ncn(C)c2n1. The first kappa shape index (κ1) is 12.7. The standard InChI is InChI=1S/C13H17ClN4O/c1-8-6-19-4-3-10(8)16-11-5-9(14)12-13(17-11)18(2)7-15-12/h5,7-8,10H,3-4,6H2,1-2H3,(H,16,17)/t8-,10-/m0/s1. The van der Waals surface area contributed by atoms with Gasteiger partial charge >= 0.3 is 0 Å². The van der Waals surface area contributed by atoms with Crippen LogP contribution in [0.4, 0.5) is 5.82 Å². The van der Waals surface area contributed by atoms with Crippen LogP contribution in [0.25, 0.3) is 11.2 Å². The third kappa shape index (κ3) is 2.40. The molecule has 1 aliphatic rings. The van der Waals surface area contributed by atoms with Gasteiger partial charge in [-0.15, -0.1) is 0 Å². The monoisotopic (exact) mass is 280 g/mol. The smallest absolute Gasteiger partial charge is 0.163 e. The summed E-state index contributed by atoms with van der Waals surface area (Å²) in [5.41, 5.74) is 1.55. The zero-order valence-electron chi connectivity index (χ0n) is 11.1. The van der Waals surface area contributed by atoms with Crippen molar-refractivity contribution in [3.63, 3.8) is 0 Å². The number of fused-ring (bicyclic) bond motifs is 1. The molecule has 0 radical (unpaired) electrons. The summed E-state index contributed by atoms with van der Waals surface area (Å²) in [6.07, 6.45) is 2.72. The van der Waals surface area contributed by atoms with E-state index < -0.39 is 0 Å². The average molecular weight is 281 g/mol. The van der Waals surface area contributed by atoms with Gasteiger partial charge in [0.1, 0.15) is 11.3 Å². The van der Waals surface area contributed by atoms with E-state index in [2.05, 4.69) is 22.2 Å². The van der Waals surface area contributed by atoms with Crippen LogP contribution >= 0.6 is 11.6 Å². The molecule has 0 unspecified atom stereocenters. The lowest BCUT2D eigenvalue weighted by molar-refractivity contribution is 0.0537. The molecule has 3 heterocycles. The van der Waals surface area contributed by atoms with Crippen LogP contribution in [0, 0.1) is 5.92 Å². The summed E-state index contributed by atoms with van der Waals surface area (Å²) >= 11 is 6.25. The zero-order valence-corrected chi connectivity index (χ0v) is 11.8. The van der Waals surface area contributed by atoms with E-state index in [4.69, 9.17) is 16.3 Å². The number of aryl methyl sites for hydroxylation is 1. The molecule has 2 aromatic heterocycles. The molecule has 0 saturated carbocycles. The maximum absolute atomic E-state index is 6.25. The molecule has 6 heteroatoms. The number of imidazole rings is 1. The molecular formula is C13H17ClN4O. The van der Waals surface area contributed by atoms with Gasteiger partial charge in [-0.25, -0.2) is 9.97 Å². The summed E-state index contributed by atoms with van der Waals surface area (Å²) in [7, 11) is 1.92. The Kier molecular flexibility index (Phi) is 3.33. The molecule has 0 aliphatic carbocycles. The van der Waals surface area contributed by atoms with Crippen molar-refractivity contribution in [2.75, 3.05) is 18.5 Å². The van der Waals surface area contributed by atoms with Gasteiger partial charge in [-0.2, -0.15) is 0 Å². The van der Waals surface area contributed by atoms with Crippen LogP contribution < -0.4 is 5.32 Å². The first-order chi connectivity index (χ1) is 9.15. The van der Waals surface area contributed by atoms with E-state index >= 15 is 0 Å². The van der Waals surface area contributed by atoms with Gasteiger partial charge in [0.25, 0.3) is 0 Å². The maximum atomic E-state index is 6.25. The minimum atomic E-state index is 0.378. The first-order valence-electron chi connectivity index (χ1n) is 6.47. The molecule has 102 valence electrons. The topological polar surface area (TPSA) is 52.0 Å². The van der Waals surface area contributed by atoms with E-state index in [0.717, 1.165) is 36.6 Å².